The van der Waals surface area contributed by atoms with Crippen molar-refractivity contribution in [3.05, 3.63) is 69.9 Å². The Hall–Kier alpha value is -3.17. The largest absolute Gasteiger partial charge is 0.490 e. The molecular formula is C30H37ClN4O4S. The summed E-state index contributed by atoms with van der Waals surface area (Å²) in [4.78, 5) is 18.1. The quantitative estimate of drug-likeness (QED) is 0.126. The molecule has 1 aliphatic heterocycles. The lowest BCUT2D eigenvalue weighted by atomic mass is 9.95. The summed E-state index contributed by atoms with van der Waals surface area (Å²) in [5, 5.41) is 9.34. The van der Waals surface area contributed by atoms with Gasteiger partial charge in [0.2, 0.25) is 11.1 Å². The van der Waals surface area contributed by atoms with Gasteiger partial charge in [-0.2, -0.15) is 4.98 Å². The van der Waals surface area contributed by atoms with Gasteiger partial charge in [-0.1, -0.05) is 67.4 Å². The molecule has 1 aromatic heterocycles. The standard InChI is InChI=1S/C30H37ClN4O4S/c1-6-8-11-16-38-24-15-14-21(17-25(24)37-7-2)27-26(28(36)39-19(3)4)20(5)32-29-33-30(34-35(27)29)40-18-22-12-9-10-13-23(22)31/h9-10,12-15,17,19,27H,6-8,11,16,18H2,1-5H3,(H,32,33,34). The third kappa shape index (κ3) is 7.12. The average Bonchev–Trinajstić information content (AvgIpc) is 3.32. The Balaban J connectivity index is 1.70. The molecule has 2 aromatic carbocycles. The van der Waals surface area contributed by atoms with E-state index in [4.69, 9.17) is 35.9 Å². The molecule has 4 rings (SSSR count). The van der Waals surface area contributed by atoms with Crippen LogP contribution in [0.4, 0.5) is 5.95 Å². The van der Waals surface area contributed by atoms with Crippen molar-refractivity contribution < 1.29 is 19.0 Å². The molecule has 1 unspecified atom stereocenters. The first kappa shape index (κ1) is 29.8. The van der Waals surface area contributed by atoms with Crippen molar-refractivity contribution in [2.24, 2.45) is 0 Å². The van der Waals surface area contributed by atoms with E-state index in [9.17, 15) is 4.79 Å². The molecule has 0 saturated heterocycles. The number of anilines is 1. The zero-order chi connectivity index (χ0) is 28.6. The van der Waals surface area contributed by atoms with Gasteiger partial charge in [0.1, 0.15) is 6.04 Å². The molecule has 0 amide bonds. The minimum Gasteiger partial charge on any atom is -0.490 e. The van der Waals surface area contributed by atoms with Crippen molar-refractivity contribution in [3.63, 3.8) is 0 Å². The fraction of sp³-hybridized carbons (Fsp3) is 0.433. The second-order valence-electron chi connectivity index (χ2n) is 9.76. The SMILES string of the molecule is CCCCCOc1ccc(C2C(C(=O)OC(C)C)=C(C)Nc3nc(SCc4ccccc4Cl)nn32)cc1OCC. The van der Waals surface area contributed by atoms with Crippen LogP contribution in [0.5, 0.6) is 11.5 Å². The number of carbonyl (C=O) groups is 1. The lowest BCUT2D eigenvalue weighted by Gasteiger charge is -2.29. The highest BCUT2D eigenvalue weighted by molar-refractivity contribution is 7.98. The number of unbranched alkanes of at least 4 members (excludes halogenated alkanes) is 2. The number of nitrogens with zero attached hydrogens (tertiary/aromatic N) is 3. The van der Waals surface area contributed by atoms with Gasteiger partial charge in [0.05, 0.1) is 24.9 Å². The molecule has 0 bridgehead atoms. The lowest BCUT2D eigenvalue weighted by Crippen LogP contribution is -2.30. The molecular weight excluding hydrogens is 548 g/mol. The fourth-order valence-corrected chi connectivity index (χ4v) is 5.53. The topological polar surface area (TPSA) is 87.5 Å². The second kappa shape index (κ2) is 13.9. The van der Waals surface area contributed by atoms with Gasteiger partial charge in [-0.05, 0) is 63.4 Å². The van der Waals surface area contributed by atoms with E-state index in [0.29, 0.717) is 57.9 Å². The molecule has 1 atom stereocenters. The first-order valence-electron chi connectivity index (χ1n) is 13.7. The molecule has 214 valence electrons. The lowest BCUT2D eigenvalue weighted by molar-refractivity contribution is -0.143. The maximum absolute atomic E-state index is 13.4. The summed E-state index contributed by atoms with van der Waals surface area (Å²) < 4.78 is 19.4. The van der Waals surface area contributed by atoms with Gasteiger partial charge >= 0.3 is 5.97 Å². The molecule has 0 spiro atoms. The minimum atomic E-state index is -0.571. The van der Waals surface area contributed by atoms with Crippen LogP contribution in [0, 0.1) is 0 Å². The van der Waals surface area contributed by atoms with Gasteiger partial charge in [-0.25, -0.2) is 9.48 Å². The van der Waals surface area contributed by atoms with Crippen molar-refractivity contribution in [2.45, 2.75) is 76.9 Å². The van der Waals surface area contributed by atoms with Crippen molar-refractivity contribution in [3.8, 4) is 11.5 Å². The van der Waals surface area contributed by atoms with Crippen LogP contribution >= 0.6 is 23.4 Å². The predicted molar refractivity (Wildman–Crippen MR) is 159 cm³/mol. The van der Waals surface area contributed by atoms with Crippen LogP contribution in [-0.2, 0) is 15.3 Å². The Morgan fingerprint density at radius 1 is 1.12 bits per heavy atom. The summed E-state index contributed by atoms with van der Waals surface area (Å²) in [6, 6.07) is 12.9. The third-order valence-electron chi connectivity index (χ3n) is 6.30. The molecule has 40 heavy (non-hydrogen) atoms. The fourth-order valence-electron chi connectivity index (χ4n) is 4.42. The molecule has 10 heteroatoms. The number of hydrogen-bond acceptors (Lipinski definition) is 8. The molecule has 0 radical (unpaired) electrons. The molecule has 2 heterocycles. The highest BCUT2D eigenvalue weighted by Crippen LogP contribution is 2.40. The average molecular weight is 585 g/mol. The smallest absolute Gasteiger partial charge is 0.338 e. The van der Waals surface area contributed by atoms with Crippen LogP contribution in [0.25, 0.3) is 0 Å². The van der Waals surface area contributed by atoms with E-state index in [1.807, 2.05) is 70.2 Å². The van der Waals surface area contributed by atoms with E-state index in [1.54, 1.807) is 4.68 Å². The number of nitrogens with one attached hydrogen (secondary N) is 1. The maximum Gasteiger partial charge on any atom is 0.338 e. The predicted octanol–water partition coefficient (Wildman–Crippen LogP) is 7.43. The van der Waals surface area contributed by atoms with Gasteiger partial charge in [0.25, 0.3) is 0 Å². The summed E-state index contributed by atoms with van der Waals surface area (Å²) in [7, 11) is 0. The van der Waals surface area contributed by atoms with Crippen molar-refractivity contribution in [1.82, 2.24) is 14.8 Å². The highest BCUT2D eigenvalue weighted by atomic mass is 35.5. The first-order chi connectivity index (χ1) is 19.3. The molecule has 0 aliphatic carbocycles. The maximum atomic E-state index is 13.4. The number of aromatic nitrogens is 3. The van der Waals surface area contributed by atoms with Crippen molar-refractivity contribution in [2.75, 3.05) is 18.5 Å². The number of fused-ring (bicyclic) bond motifs is 1. The Bertz CT molecular complexity index is 1360. The summed E-state index contributed by atoms with van der Waals surface area (Å²) in [5.74, 6) is 2.05. The zero-order valence-electron chi connectivity index (χ0n) is 23.7. The number of rotatable bonds is 13. The Kier molecular flexibility index (Phi) is 10.4. The normalized spacial score (nSPS) is 14.6. The Morgan fingerprint density at radius 3 is 2.65 bits per heavy atom. The van der Waals surface area contributed by atoms with Gasteiger partial charge in [0, 0.05) is 16.5 Å². The summed E-state index contributed by atoms with van der Waals surface area (Å²) in [6.45, 7) is 10.7. The van der Waals surface area contributed by atoms with Crippen LogP contribution in [-0.4, -0.2) is 40.1 Å². The van der Waals surface area contributed by atoms with Crippen LogP contribution in [0.1, 0.15) is 71.0 Å². The minimum absolute atomic E-state index is 0.273. The van der Waals surface area contributed by atoms with Crippen LogP contribution in [0.2, 0.25) is 5.02 Å². The molecule has 1 aliphatic rings. The monoisotopic (exact) mass is 584 g/mol. The van der Waals surface area contributed by atoms with Crippen LogP contribution in [0.15, 0.2) is 58.9 Å². The van der Waals surface area contributed by atoms with Crippen LogP contribution < -0.4 is 14.8 Å². The number of esters is 1. The van der Waals surface area contributed by atoms with E-state index in [2.05, 4.69) is 12.2 Å². The zero-order valence-corrected chi connectivity index (χ0v) is 25.3. The first-order valence-corrected chi connectivity index (χ1v) is 15.1. The van der Waals surface area contributed by atoms with E-state index >= 15 is 0 Å². The second-order valence-corrected chi connectivity index (χ2v) is 11.1. The number of allylic oxidation sites excluding steroid dienone is 1. The summed E-state index contributed by atoms with van der Waals surface area (Å²) >= 11 is 7.84. The van der Waals surface area contributed by atoms with Crippen LogP contribution in [0.3, 0.4) is 0 Å². The molecule has 8 nitrogen and oxygen atoms in total. The Labute approximate surface area is 245 Å². The van der Waals surface area contributed by atoms with Crippen molar-refractivity contribution in [1.29, 1.82) is 0 Å². The van der Waals surface area contributed by atoms with Gasteiger partial charge in [0.15, 0.2) is 11.5 Å². The summed E-state index contributed by atoms with van der Waals surface area (Å²) in [6.07, 6.45) is 2.93. The number of benzene rings is 2. The molecule has 3 aromatic rings. The van der Waals surface area contributed by atoms with E-state index in [-0.39, 0.29) is 6.10 Å². The highest BCUT2D eigenvalue weighted by Gasteiger charge is 2.36. The molecule has 1 N–H and O–H groups in total. The summed E-state index contributed by atoms with van der Waals surface area (Å²) in [5.41, 5.74) is 2.94. The number of hydrogen-bond donors (Lipinski definition) is 1. The van der Waals surface area contributed by atoms with E-state index in [0.717, 1.165) is 30.4 Å². The van der Waals surface area contributed by atoms with Crippen molar-refractivity contribution >= 4 is 35.3 Å². The molecule has 0 saturated carbocycles. The number of ether oxygens (including phenoxy) is 3. The number of thioether (sulfide) groups is 1. The van der Waals surface area contributed by atoms with Gasteiger partial charge in [-0.15, -0.1) is 5.10 Å². The number of carbonyl (C=O) groups excluding carboxylic acids is 1. The van der Waals surface area contributed by atoms with Gasteiger partial charge in [-0.3, -0.25) is 0 Å². The van der Waals surface area contributed by atoms with E-state index < -0.39 is 12.0 Å². The number of halogens is 1. The van der Waals surface area contributed by atoms with E-state index in [1.165, 1.54) is 11.8 Å². The Morgan fingerprint density at radius 2 is 1.93 bits per heavy atom. The third-order valence-corrected chi connectivity index (χ3v) is 7.55. The van der Waals surface area contributed by atoms with Gasteiger partial charge < -0.3 is 19.5 Å². The molecule has 0 fully saturated rings.